The Morgan fingerprint density at radius 1 is 1.39 bits per heavy atom. The molecule has 18 heavy (non-hydrogen) atoms. The van der Waals surface area contributed by atoms with Gasteiger partial charge in [0.25, 0.3) is 0 Å². The van der Waals surface area contributed by atoms with Gasteiger partial charge in [-0.3, -0.25) is 0 Å². The molecule has 0 aliphatic carbocycles. The average Bonchev–Trinajstić information content (AvgIpc) is 2.64. The van der Waals surface area contributed by atoms with E-state index in [9.17, 15) is 9.90 Å². The molecule has 0 saturated carbocycles. The number of unbranched alkanes of at least 4 members (excludes halogenated alkanes) is 1. The first-order chi connectivity index (χ1) is 8.22. The van der Waals surface area contributed by atoms with Gasteiger partial charge in [-0.1, -0.05) is 25.5 Å². The van der Waals surface area contributed by atoms with Crippen molar-refractivity contribution in [3.63, 3.8) is 0 Å². The second-order valence-corrected chi connectivity index (χ2v) is 4.08. The fourth-order valence-corrected chi connectivity index (χ4v) is 1.96. The molecule has 1 heterocycles. The van der Waals surface area contributed by atoms with E-state index in [0.717, 1.165) is 36.1 Å². The summed E-state index contributed by atoms with van der Waals surface area (Å²) in [4.78, 5) is 15.3. The van der Waals surface area contributed by atoms with E-state index in [1.165, 1.54) is 0 Å². The maximum Gasteiger partial charge on any atom is 0.110 e. The molecule has 0 unspecified atom stereocenters. The van der Waals surface area contributed by atoms with Crippen molar-refractivity contribution in [2.24, 2.45) is 0 Å². The van der Waals surface area contributed by atoms with Crippen molar-refractivity contribution in [3.05, 3.63) is 30.1 Å². The molecule has 0 amide bonds. The van der Waals surface area contributed by atoms with Gasteiger partial charge in [0.2, 0.25) is 0 Å². The number of fused-ring (bicyclic) bond motifs is 1. The molecule has 1 aromatic carbocycles. The van der Waals surface area contributed by atoms with Crippen LogP contribution in [0, 0.1) is 0 Å². The van der Waals surface area contributed by atoms with E-state index in [-0.39, 0.29) is 57.9 Å². The van der Waals surface area contributed by atoms with Gasteiger partial charge in [0.05, 0.1) is 23.5 Å². The number of rotatable bonds is 5. The molecule has 2 rings (SSSR count). The average molecular weight is 270 g/mol. The number of carbonyl (C=O) groups excluding carboxylic acids is 1. The largest absolute Gasteiger partial charge is 0.548 e. The molecule has 4 nitrogen and oxygen atoms in total. The SMILES string of the molecule is CCCCc1nc2ccccc2n1CC(=O)[O-].[K]. The summed E-state index contributed by atoms with van der Waals surface area (Å²) in [6.07, 6.45) is 2.88. The van der Waals surface area contributed by atoms with Crippen LogP contribution in [0.4, 0.5) is 0 Å². The molecule has 0 fully saturated rings. The molecule has 0 atom stereocenters. The zero-order chi connectivity index (χ0) is 12.3. The minimum Gasteiger partial charge on any atom is -0.548 e. The Labute approximate surface area is 149 Å². The Morgan fingerprint density at radius 3 is 2.78 bits per heavy atom. The molecule has 0 aliphatic rings. The third-order valence-electron chi connectivity index (χ3n) is 2.77. The van der Waals surface area contributed by atoms with Crippen LogP contribution in [0.5, 0.6) is 0 Å². The van der Waals surface area contributed by atoms with Crippen molar-refractivity contribution in [1.82, 2.24) is 9.55 Å². The van der Waals surface area contributed by atoms with Gasteiger partial charge in [0.1, 0.15) is 5.82 Å². The summed E-state index contributed by atoms with van der Waals surface area (Å²) in [5.74, 6) is -0.247. The Hall–Kier alpha value is -0.204. The van der Waals surface area contributed by atoms with Gasteiger partial charge < -0.3 is 14.5 Å². The Morgan fingerprint density at radius 2 is 2.11 bits per heavy atom. The number of hydrogen-bond acceptors (Lipinski definition) is 3. The maximum atomic E-state index is 10.8. The van der Waals surface area contributed by atoms with Gasteiger partial charge in [-0.15, -0.1) is 0 Å². The quantitative estimate of drug-likeness (QED) is 0.753. The third-order valence-corrected chi connectivity index (χ3v) is 2.77. The standard InChI is InChI=1S/C13H16N2O2.K/c1-2-3-8-12-14-10-6-4-5-7-11(10)15(12)9-13(16)17;/h4-7H,2-3,8-9H2,1H3,(H,16,17);/p-1. The number of carboxylic acid groups (broad SMARTS) is 1. The molecule has 1 aromatic heterocycles. The Kier molecular flexibility index (Phi) is 6.52. The van der Waals surface area contributed by atoms with Crippen LogP contribution >= 0.6 is 0 Å². The van der Waals surface area contributed by atoms with Gasteiger partial charge in [-0.2, -0.15) is 0 Å². The fourth-order valence-electron chi connectivity index (χ4n) is 1.96. The summed E-state index contributed by atoms with van der Waals surface area (Å²) in [5.41, 5.74) is 1.71. The van der Waals surface area contributed by atoms with Crippen molar-refractivity contribution in [1.29, 1.82) is 0 Å². The van der Waals surface area contributed by atoms with Crippen LogP contribution in [-0.4, -0.2) is 66.9 Å². The molecule has 2 aromatic rings. The summed E-state index contributed by atoms with van der Waals surface area (Å²) in [7, 11) is 0. The second kappa shape index (κ2) is 7.40. The number of carboxylic acids is 1. The van der Waals surface area contributed by atoms with Gasteiger partial charge in [-0.05, 0) is 18.6 Å². The molecule has 1 radical (unpaired) electrons. The predicted molar refractivity (Wildman–Crippen MR) is 69.1 cm³/mol. The number of aromatic nitrogens is 2. The molecule has 5 heteroatoms. The van der Waals surface area contributed by atoms with Crippen molar-refractivity contribution < 1.29 is 9.90 Å². The van der Waals surface area contributed by atoms with E-state index in [2.05, 4.69) is 11.9 Å². The van der Waals surface area contributed by atoms with Crippen LogP contribution in [-0.2, 0) is 17.8 Å². The van der Waals surface area contributed by atoms with Gasteiger partial charge in [-0.25, -0.2) is 4.98 Å². The number of benzene rings is 1. The molecule has 91 valence electrons. The number of carbonyl (C=O) groups is 1. The van der Waals surface area contributed by atoms with Crippen LogP contribution in [0.15, 0.2) is 24.3 Å². The smallest absolute Gasteiger partial charge is 0.110 e. The number of hydrogen-bond donors (Lipinski definition) is 0. The zero-order valence-corrected chi connectivity index (χ0v) is 14.0. The third kappa shape index (κ3) is 3.65. The summed E-state index contributed by atoms with van der Waals surface area (Å²) in [5, 5.41) is 10.8. The monoisotopic (exact) mass is 270 g/mol. The molecular weight excluding hydrogens is 255 g/mol. The number of aryl methyl sites for hydroxylation is 1. The Bertz CT molecular complexity index is 537. The van der Waals surface area contributed by atoms with Crippen LogP contribution in [0.3, 0.4) is 0 Å². The van der Waals surface area contributed by atoms with Gasteiger partial charge in [0.15, 0.2) is 0 Å². The first-order valence-corrected chi connectivity index (χ1v) is 5.86. The van der Waals surface area contributed by atoms with E-state index in [1.807, 2.05) is 24.3 Å². The summed E-state index contributed by atoms with van der Waals surface area (Å²) in [6.45, 7) is 1.98. The van der Waals surface area contributed by atoms with Crippen LogP contribution in [0.25, 0.3) is 11.0 Å². The van der Waals surface area contributed by atoms with Gasteiger partial charge in [0, 0.05) is 57.8 Å². The normalized spacial score (nSPS) is 10.3. The number of aliphatic carboxylic acids is 1. The van der Waals surface area contributed by atoms with E-state index in [4.69, 9.17) is 0 Å². The maximum absolute atomic E-state index is 10.8. The second-order valence-electron chi connectivity index (χ2n) is 4.08. The minimum atomic E-state index is -1.08. The topological polar surface area (TPSA) is 58.0 Å². The minimum absolute atomic E-state index is 0. The van der Waals surface area contributed by atoms with E-state index < -0.39 is 5.97 Å². The molecular formula is C13H15KN2O2-. The number of imidazole rings is 1. The number of para-hydroxylation sites is 2. The first-order valence-electron chi connectivity index (χ1n) is 5.86. The summed E-state index contributed by atoms with van der Waals surface area (Å²) in [6, 6.07) is 7.58. The summed E-state index contributed by atoms with van der Waals surface area (Å²) < 4.78 is 1.74. The van der Waals surface area contributed by atoms with E-state index >= 15 is 0 Å². The number of nitrogens with zero attached hydrogens (tertiary/aromatic N) is 2. The van der Waals surface area contributed by atoms with Crippen molar-refractivity contribution in [2.45, 2.75) is 32.7 Å². The molecule has 0 aliphatic heterocycles. The molecule has 0 N–H and O–H groups in total. The van der Waals surface area contributed by atoms with Crippen molar-refractivity contribution in [2.75, 3.05) is 0 Å². The predicted octanol–water partition coefficient (Wildman–Crippen LogP) is 0.748. The Balaban J connectivity index is 0.00000162. The van der Waals surface area contributed by atoms with Crippen LogP contribution in [0.1, 0.15) is 25.6 Å². The van der Waals surface area contributed by atoms with Crippen molar-refractivity contribution >= 4 is 68.4 Å². The molecule has 0 saturated heterocycles. The molecule has 0 bridgehead atoms. The van der Waals surface area contributed by atoms with Gasteiger partial charge >= 0.3 is 0 Å². The zero-order valence-electron chi connectivity index (χ0n) is 10.8. The van der Waals surface area contributed by atoms with Crippen LogP contribution < -0.4 is 5.11 Å². The summed E-state index contributed by atoms with van der Waals surface area (Å²) >= 11 is 0. The van der Waals surface area contributed by atoms with E-state index in [0.29, 0.717) is 0 Å². The fraction of sp³-hybridized carbons (Fsp3) is 0.385. The van der Waals surface area contributed by atoms with Crippen molar-refractivity contribution in [3.8, 4) is 0 Å². The first kappa shape index (κ1) is 15.9. The molecule has 0 spiro atoms. The van der Waals surface area contributed by atoms with Crippen LogP contribution in [0.2, 0.25) is 0 Å². The van der Waals surface area contributed by atoms with E-state index in [1.54, 1.807) is 4.57 Å².